The fraction of sp³-hybridized carbons (Fsp3) is 0.227. The number of carbonyl (C=O) groups excluding carboxylic acids is 1. The molecule has 0 spiro atoms. The molecule has 1 fully saturated rings. The molecular formula is C22H17Cl2F3N4O. The lowest BCUT2D eigenvalue weighted by atomic mass is 10.1. The predicted molar refractivity (Wildman–Crippen MR) is 117 cm³/mol. The van der Waals surface area contributed by atoms with E-state index in [1.165, 1.54) is 23.1 Å². The summed E-state index contributed by atoms with van der Waals surface area (Å²) in [5.74, 6) is -0.0157. The van der Waals surface area contributed by atoms with Crippen molar-refractivity contribution < 1.29 is 18.0 Å². The standard InChI is InChI=1S/C22H17Cl2F3N4O/c23-14-5-6-16(18(24)13-14)19-7-8-20(29-28-19)30-9-11-31(12-10-30)21(32)15-3-1-2-4-17(15)22(25,26)27/h1-8,13H,9-12H2. The summed E-state index contributed by atoms with van der Waals surface area (Å²) in [7, 11) is 0. The normalized spacial score (nSPS) is 14.5. The number of benzene rings is 2. The number of nitrogens with zero attached hydrogens (tertiary/aromatic N) is 4. The van der Waals surface area contributed by atoms with E-state index < -0.39 is 17.6 Å². The minimum Gasteiger partial charge on any atom is -0.352 e. The monoisotopic (exact) mass is 480 g/mol. The predicted octanol–water partition coefficient (Wildman–Crippen LogP) is 5.43. The Balaban J connectivity index is 1.44. The van der Waals surface area contributed by atoms with Crippen LogP contribution in [0.5, 0.6) is 0 Å². The van der Waals surface area contributed by atoms with Crippen molar-refractivity contribution in [2.24, 2.45) is 0 Å². The fourth-order valence-corrected chi connectivity index (χ4v) is 4.07. The quantitative estimate of drug-likeness (QED) is 0.501. The van der Waals surface area contributed by atoms with Gasteiger partial charge in [0.1, 0.15) is 0 Å². The van der Waals surface area contributed by atoms with Crippen molar-refractivity contribution >= 4 is 34.9 Å². The average molecular weight is 481 g/mol. The van der Waals surface area contributed by atoms with Crippen LogP contribution < -0.4 is 4.90 Å². The molecule has 0 atom stereocenters. The Morgan fingerprint density at radius 2 is 1.62 bits per heavy atom. The molecule has 2 aromatic carbocycles. The van der Waals surface area contributed by atoms with Gasteiger partial charge in [-0.1, -0.05) is 35.3 Å². The highest BCUT2D eigenvalue weighted by atomic mass is 35.5. The Morgan fingerprint density at radius 3 is 2.25 bits per heavy atom. The summed E-state index contributed by atoms with van der Waals surface area (Å²) in [6.45, 7) is 1.40. The van der Waals surface area contributed by atoms with Gasteiger partial charge in [-0.05, 0) is 42.5 Å². The number of halogens is 5. The lowest BCUT2D eigenvalue weighted by Gasteiger charge is -2.35. The van der Waals surface area contributed by atoms with Crippen molar-refractivity contribution in [3.63, 3.8) is 0 Å². The molecule has 0 N–H and O–H groups in total. The van der Waals surface area contributed by atoms with Gasteiger partial charge in [0.05, 0.1) is 21.8 Å². The van der Waals surface area contributed by atoms with E-state index in [4.69, 9.17) is 23.2 Å². The molecule has 1 aliphatic rings. The zero-order chi connectivity index (χ0) is 22.9. The smallest absolute Gasteiger partial charge is 0.352 e. The Morgan fingerprint density at radius 1 is 0.906 bits per heavy atom. The van der Waals surface area contributed by atoms with Crippen LogP contribution in [0, 0.1) is 0 Å². The first-order valence-corrected chi connectivity index (χ1v) is 10.5. The van der Waals surface area contributed by atoms with Crippen LogP contribution in [0.2, 0.25) is 10.0 Å². The van der Waals surface area contributed by atoms with Gasteiger partial charge in [-0.3, -0.25) is 4.79 Å². The minimum atomic E-state index is -4.58. The number of rotatable bonds is 3. The number of alkyl halides is 3. The molecule has 0 saturated carbocycles. The molecule has 166 valence electrons. The number of hydrogen-bond acceptors (Lipinski definition) is 4. The van der Waals surface area contributed by atoms with Crippen molar-refractivity contribution in [3.8, 4) is 11.3 Å². The Hall–Kier alpha value is -2.84. The molecule has 1 amide bonds. The van der Waals surface area contributed by atoms with Gasteiger partial charge in [0.15, 0.2) is 5.82 Å². The maximum absolute atomic E-state index is 13.3. The molecule has 5 nitrogen and oxygen atoms in total. The molecule has 0 aliphatic carbocycles. The van der Waals surface area contributed by atoms with E-state index in [2.05, 4.69) is 10.2 Å². The Labute approximate surface area is 192 Å². The van der Waals surface area contributed by atoms with Crippen LogP contribution in [0.3, 0.4) is 0 Å². The van der Waals surface area contributed by atoms with Crippen molar-refractivity contribution in [3.05, 3.63) is 75.8 Å². The van der Waals surface area contributed by atoms with Crippen molar-refractivity contribution in [2.75, 3.05) is 31.1 Å². The van der Waals surface area contributed by atoms with Crippen LogP contribution in [0.15, 0.2) is 54.6 Å². The number of hydrogen-bond donors (Lipinski definition) is 0. The summed E-state index contributed by atoms with van der Waals surface area (Å²) in [5.41, 5.74) is 0.0361. The van der Waals surface area contributed by atoms with Crippen LogP contribution in [-0.2, 0) is 6.18 Å². The number of aromatic nitrogens is 2. The van der Waals surface area contributed by atoms with Gasteiger partial charge < -0.3 is 9.80 Å². The highest BCUT2D eigenvalue weighted by molar-refractivity contribution is 6.36. The number of carbonyl (C=O) groups is 1. The largest absolute Gasteiger partial charge is 0.417 e. The first-order chi connectivity index (χ1) is 15.2. The van der Waals surface area contributed by atoms with Gasteiger partial charge >= 0.3 is 6.18 Å². The molecule has 1 saturated heterocycles. The first-order valence-electron chi connectivity index (χ1n) is 9.73. The van der Waals surface area contributed by atoms with E-state index in [1.807, 2.05) is 4.90 Å². The molecule has 0 unspecified atom stereocenters. The van der Waals surface area contributed by atoms with Crippen LogP contribution in [0.4, 0.5) is 19.0 Å². The van der Waals surface area contributed by atoms with Crippen molar-refractivity contribution in [1.82, 2.24) is 15.1 Å². The van der Waals surface area contributed by atoms with E-state index in [-0.39, 0.29) is 18.7 Å². The van der Waals surface area contributed by atoms with Gasteiger partial charge in [0.2, 0.25) is 0 Å². The Kier molecular flexibility index (Phi) is 6.26. The van der Waals surface area contributed by atoms with E-state index in [0.717, 1.165) is 6.07 Å². The zero-order valence-electron chi connectivity index (χ0n) is 16.6. The average Bonchev–Trinajstić information content (AvgIpc) is 2.78. The molecule has 2 heterocycles. The lowest BCUT2D eigenvalue weighted by Crippen LogP contribution is -2.49. The number of amides is 1. The third kappa shape index (κ3) is 4.66. The summed E-state index contributed by atoms with van der Waals surface area (Å²) in [6, 6.07) is 13.5. The van der Waals surface area contributed by atoms with E-state index in [1.54, 1.807) is 30.3 Å². The third-order valence-corrected chi connectivity index (χ3v) is 5.76. The van der Waals surface area contributed by atoms with E-state index >= 15 is 0 Å². The second kappa shape index (κ2) is 8.96. The molecule has 10 heteroatoms. The minimum absolute atomic E-state index is 0.275. The second-order valence-corrected chi connectivity index (χ2v) is 8.07. The van der Waals surface area contributed by atoms with Gasteiger partial charge in [-0.25, -0.2) is 0 Å². The van der Waals surface area contributed by atoms with Gasteiger partial charge in [-0.2, -0.15) is 13.2 Å². The molecule has 0 bridgehead atoms. The van der Waals surface area contributed by atoms with Gasteiger partial charge in [0, 0.05) is 36.8 Å². The van der Waals surface area contributed by atoms with Gasteiger partial charge in [0.25, 0.3) is 5.91 Å². The van der Waals surface area contributed by atoms with Crippen LogP contribution in [0.1, 0.15) is 15.9 Å². The zero-order valence-corrected chi connectivity index (χ0v) is 18.1. The molecule has 32 heavy (non-hydrogen) atoms. The van der Waals surface area contributed by atoms with E-state index in [9.17, 15) is 18.0 Å². The molecular weight excluding hydrogens is 464 g/mol. The highest BCUT2D eigenvalue weighted by Crippen LogP contribution is 2.33. The van der Waals surface area contributed by atoms with Crippen molar-refractivity contribution in [1.29, 1.82) is 0 Å². The maximum Gasteiger partial charge on any atom is 0.417 e. The maximum atomic E-state index is 13.3. The van der Waals surface area contributed by atoms with Crippen LogP contribution >= 0.6 is 23.2 Å². The summed E-state index contributed by atoms with van der Waals surface area (Å²) in [4.78, 5) is 16.1. The number of anilines is 1. The summed E-state index contributed by atoms with van der Waals surface area (Å²) < 4.78 is 39.8. The fourth-order valence-electron chi connectivity index (χ4n) is 3.56. The SMILES string of the molecule is O=C(c1ccccc1C(F)(F)F)N1CCN(c2ccc(-c3ccc(Cl)cc3Cl)nn2)CC1. The second-order valence-electron chi connectivity index (χ2n) is 7.22. The van der Waals surface area contributed by atoms with Gasteiger partial charge in [-0.15, -0.1) is 10.2 Å². The first kappa shape index (κ1) is 22.4. The van der Waals surface area contributed by atoms with Crippen molar-refractivity contribution in [2.45, 2.75) is 6.18 Å². The summed E-state index contributed by atoms with van der Waals surface area (Å²) >= 11 is 12.1. The highest BCUT2D eigenvalue weighted by Gasteiger charge is 2.36. The topological polar surface area (TPSA) is 49.3 Å². The molecule has 3 aromatic rings. The molecule has 4 rings (SSSR count). The third-order valence-electron chi connectivity index (χ3n) is 5.21. The molecule has 1 aromatic heterocycles. The molecule has 1 aliphatic heterocycles. The number of piperazine rings is 1. The van der Waals surface area contributed by atoms with E-state index in [0.29, 0.717) is 40.2 Å². The Bertz CT molecular complexity index is 1130. The molecule has 0 radical (unpaired) electrons. The summed E-state index contributed by atoms with van der Waals surface area (Å²) in [6.07, 6.45) is -4.58. The van der Waals surface area contributed by atoms with Crippen LogP contribution in [0.25, 0.3) is 11.3 Å². The summed E-state index contributed by atoms with van der Waals surface area (Å²) in [5, 5.41) is 9.46. The van der Waals surface area contributed by atoms with Crippen LogP contribution in [-0.4, -0.2) is 47.2 Å². The lowest BCUT2D eigenvalue weighted by molar-refractivity contribution is -0.138.